The van der Waals surface area contributed by atoms with Gasteiger partial charge in [0.1, 0.15) is 11.0 Å². The van der Waals surface area contributed by atoms with E-state index in [2.05, 4.69) is 41.7 Å². The zero-order valence-corrected chi connectivity index (χ0v) is 13.8. The summed E-state index contributed by atoms with van der Waals surface area (Å²) in [5, 5.41) is 0.526. The third kappa shape index (κ3) is 3.15. The molecular formula is C15H16BrClN2. The first-order chi connectivity index (χ1) is 8.79. The van der Waals surface area contributed by atoms with Crippen LogP contribution in [0.5, 0.6) is 0 Å². The molecule has 100 valence electrons. The molecule has 0 unspecified atom stereocenters. The fourth-order valence-corrected chi connectivity index (χ4v) is 2.15. The van der Waals surface area contributed by atoms with Crippen molar-refractivity contribution in [2.75, 3.05) is 0 Å². The van der Waals surface area contributed by atoms with E-state index < -0.39 is 0 Å². The van der Waals surface area contributed by atoms with Gasteiger partial charge in [-0.2, -0.15) is 0 Å². The van der Waals surface area contributed by atoms with Crippen LogP contribution in [0.4, 0.5) is 0 Å². The highest BCUT2D eigenvalue weighted by Crippen LogP contribution is 2.30. The van der Waals surface area contributed by atoms with Crippen LogP contribution in [0.2, 0.25) is 5.15 Å². The number of halogens is 2. The maximum absolute atomic E-state index is 6.25. The van der Waals surface area contributed by atoms with Gasteiger partial charge in [-0.3, -0.25) is 0 Å². The molecule has 0 saturated heterocycles. The van der Waals surface area contributed by atoms with Crippen LogP contribution >= 0.6 is 27.5 Å². The molecule has 2 aromatic rings. The highest BCUT2D eigenvalue weighted by Gasteiger charge is 2.21. The average Bonchev–Trinajstić information content (AvgIpc) is 2.32. The van der Waals surface area contributed by atoms with Gasteiger partial charge in [-0.05, 0) is 19.1 Å². The van der Waals surface area contributed by atoms with Crippen molar-refractivity contribution in [1.29, 1.82) is 0 Å². The van der Waals surface area contributed by atoms with E-state index in [0.717, 1.165) is 27.1 Å². The standard InChI is InChI=1S/C15H16BrClN2/c1-9-12(10-5-7-11(16)8-6-10)18-14(15(2,3)4)19-13(9)17/h5-8H,1-4H3. The second kappa shape index (κ2) is 5.22. The summed E-state index contributed by atoms with van der Waals surface area (Å²) in [6.07, 6.45) is 0. The van der Waals surface area contributed by atoms with E-state index in [4.69, 9.17) is 16.6 Å². The van der Waals surface area contributed by atoms with Crippen LogP contribution in [0.25, 0.3) is 11.3 Å². The van der Waals surface area contributed by atoms with Gasteiger partial charge in [-0.15, -0.1) is 0 Å². The predicted octanol–water partition coefficient (Wildman–Crippen LogP) is 5.17. The van der Waals surface area contributed by atoms with Crippen LogP contribution in [0, 0.1) is 6.92 Å². The molecule has 1 aromatic carbocycles. The van der Waals surface area contributed by atoms with Crippen LogP contribution in [-0.4, -0.2) is 9.97 Å². The van der Waals surface area contributed by atoms with E-state index in [-0.39, 0.29) is 5.41 Å². The van der Waals surface area contributed by atoms with Crippen molar-refractivity contribution in [3.8, 4) is 11.3 Å². The van der Waals surface area contributed by atoms with Gasteiger partial charge in [0.05, 0.1) is 5.69 Å². The Balaban J connectivity index is 2.62. The molecule has 0 saturated carbocycles. The lowest BCUT2D eigenvalue weighted by atomic mass is 9.95. The molecule has 19 heavy (non-hydrogen) atoms. The molecule has 2 rings (SSSR count). The monoisotopic (exact) mass is 338 g/mol. The predicted molar refractivity (Wildman–Crippen MR) is 83.6 cm³/mol. The number of hydrogen-bond donors (Lipinski definition) is 0. The Morgan fingerprint density at radius 2 is 1.63 bits per heavy atom. The quantitative estimate of drug-likeness (QED) is 0.670. The molecule has 0 N–H and O–H groups in total. The molecule has 2 nitrogen and oxygen atoms in total. The smallest absolute Gasteiger partial charge is 0.136 e. The third-order valence-corrected chi connectivity index (χ3v) is 3.77. The van der Waals surface area contributed by atoms with E-state index in [1.165, 1.54) is 0 Å². The summed E-state index contributed by atoms with van der Waals surface area (Å²) in [6.45, 7) is 8.20. The molecule has 0 fully saturated rings. The van der Waals surface area contributed by atoms with E-state index in [0.29, 0.717) is 5.15 Å². The van der Waals surface area contributed by atoms with Crippen molar-refractivity contribution >= 4 is 27.5 Å². The van der Waals surface area contributed by atoms with Crippen molar-refractivity contribution in [3.63, 3.8) is 0 Å². The SMILES string of the molecule is Cc1c(Cl)nc(C(C)(C)C)nc1-c1ccc(Br)cc1. The van der Waals surface area contributed by atoms with Crippen LogP contribution in [-0.2, 0) is 5.41 Å². The van der Waals surface area contributed by atoms with Crippen molar-refractivity contribution < 1.29 is 0 Å². The second-order valence-electron chi connectivity index (χ2n) is 5.57. The lowest BCUT2D eigenvalue weighted by Gasteiger charge is -2.19. The summed E-state index contributed by atoms with van der Waals surface area (Å²) in [4.78, 5) is 9.09. The largest absolute Gasteiger partial charge is 0.232 e. The third-order valence-electron chi connectivity index (χ3n) is 2.87. The van der Waals surface area contributed by atoms with E-state index in [1.807, 2.05) is 31.2 Å². The normalized spacial score (nSPS) is 11.7. The summed E-state index contributed by atoms with van der Waals surface area (Å²) >= 11 is 9.68. The van der Waals surface area contributed by atoms with Crippen molar-refractivity contribution in [3.05, 3.63) is 45.3 Å². The zero-order valence-electron chi connectivity index (χ0n) is 11.5. The first-order valence-corrected chi connectivity index (χ1v) is 7.26. The van der Waals surface area contributed by atoms with Gasteiger partial charge in [-0.1, -0.05) is 60.4 Å². The molecule has 0 aliphatic rings. The van der Waals surface area contributed by atoms with Gasteiger partial charge in [-0.25, -0.2) is 9.97 Å². The lowest BCUT2D eigenvalue weighted by Crippen LogP contribution is -2.17. The molecule has 0 amide bonds. The minimum absolute atomic E-state index is 0.124. The number of aromatic nitrogens is 2. The van der Waals surface area contributed by atoms with Gasteiger partial charge in [0, 0.05) is 21.0 Å². The Hall–Kier alpha value is -0.930. The maximum Gasteiger partial charge on any atom is 0.136 e. The highest BCUT2D eigenvalue weighted by molar-refractivity contribution is 9.10. The van der Waals surface area contributed by atoms with E-state index in [1.54, 1.807) is 0 Å². The van der Waals surface area contributed by atoms with Gasteiger partial charge in [0.15, 0.2) is 0 Å². The van der Waals surface area contributed by atoms with Crippen LogP contribution in [0.1, 0.15) is 32.2 Å². The molecule has 4 heteroatoms. The number of benzene rings is 1. The minimum Gasteiger partial charge on any atom is -0.232 e. The summed E-state index contributed by atoms with van der Waals surface area (Å²) < 4.78 is 1.05. The van der Waals surface area contributed by atoms with E-state index in [9.17, 15) is 0 Å². The number of hydrogen-bond acceptors (Lipinski definition) is 2. The maximum atomic E-state index is 6.25. The first-order valence-electron chi connectivity index (χ1n) is 6.09. The fourth-order valence-electron chi connectivity index (χ4n) is 1.71. The Labute approximate surface area is 127 Å². The second-order valence-corrected chi connectivity index (χ2v) is 6.84. The number of nitrogens with zero attached hydrogens (tertiary/aromatic N) is 2. The minimum atomic E-state index is -0.124. The van der Waals surface area contributed by atoms with Crippen LogP contribution in [0.15, 0.2) is 28.7 Å². The molecule has 0 atom stereocenters. The molecule has 0 aliphatic heterocycles. The van der Waals surface area contributed by atoms with Gasteiger partial charge in [0.25, 0.3) is 0 Å². The van der Waals surface area contributed by atoms with E-state index >= 15 is 0 Å². The summed E-state index contributed by atoms with van der Waals surface area (Å²) in [6, 6.07) is 8.06. The molecule has 1 aromatic heterocycles. The number of rotatable bonds is 1. The molecule has 0 spiro atoms. The Kier molecular flexibility index (Phi) is 3.98. The molecule has 0 bridgehead atoms. The summed E-state index contributed by atoms with van der Waals surface area (Å²) in [7, 11) is 0. The average molecular weight is 340 g/mol. The fraction of sp³-hybridized carbons (Fsp3) is 0.333. The van der Waals surface area contributed by atoms with Crippen molar-refractivity contribution in [1.82, 2.24) is 9.97 Å². The molecule has 0 radical (unpaired) electrons. The van der Waals surface area contributed by atoms with Gasteiger partial charge < -0.3 is 0 Å². The molecule has 1 heterocycles. The topological polar surface area (TPSA) is 25.8 Å². The highest BCUT2D eigenvalue weighted by atomic mass is 79.9. The lowest BCUT2D eigenvalue weighted by molar-refractivity contribution is 0.545. The Morgan fingerprint density at radius 1 is 1.05 bits per heavy atom. The van der Waals surface area contributed by atoms with Crippen molar-refractivity contribution in [2.45, 2.75) is 33.1 Å². The Morgan fingerprint density at radius 3 is 2.16 bits per heavy atom. The van der Waals surface area contributed by atoms with Crippen molar-refractivity contribution in [2.24, 2.45) is 0 Å². The van der Waals surface area contributed by atoms with Crippen LogP contribution in [0.3, 0.4) is 0 Å². The first kappa shape index (κ1) is 14.5. The summed E-state index contributed by atoms with van der Waals surface area (Å²) in [5.41, 5.74) is 2.74. The molecular weight excluding hydrogens is 324 g/mol. The molecule has 0 aliphatic carbocycles. The Bertz CT molecular complexity index is 601. The zero-order chi connectivity index (χ0) is 14.2. The van der Waals surface area contributed by atoms with Crippen LogP contribution < -0.4 is 0 Å². The van der Waals surface area contributed by atoms with Gasteiger partial charge >= 0.3 is 0 Å². The van der Waals surface area contributed by atoms with Gasteiger partial charge in [0.2, 0.25) is 0 Å². The summed E-state index contributed by atoms with van der Waals surface area (Å²) in [5.74, 6) is 0.765.